The molecule has 2 aliphatic rings. The Morgan fingerprint density at radius 2 is 1.69 bits per heavy atom. The van der Waals surface area contributed by atoms with E-state index in [2.05, 4.69) is 27.1 Å². The van der Waals surface area contributed by atoms with Gasteiger partial charge in [-0.1, -0.05) is 29.3 Å². The molecule has 2 unspecified atom stereocenters. The molecule has 2 aromatic rings. The monoisotopic (exact) mass is 396 g/mol. The first-order valence-corrected chi connectivity index (χ1v) is 10.4. The van der Waals surface area contributed by atoms with E-state index >= 15 is 0 Å². The van der Waals surface area contributed by atoms with Crippen LogP contribution < -0.4 is 16.2 Å². The quantitative estimate of drug-likeness (QED) is 0.743. The lowest BCUT2D eigenvalue weighted by molar-refractivity contribution is 0.0879. The molecule has 4 rings (SSSR count). The van der Waals surface area contributed by atoms with Crippen molar-refractivity contribution in [3.8, 4) is 0 Å². The number of hydrogen-bond donors (Lipinski definition) is 3. The number of hydrazine groups is 1. The zero-order chi connectivity index (χ0) is 20.4. The van der Waals surface area contributed by atoms with Gasteiger partial charge in [0, 0.05) is 30.7 Å². The number of amides is 1. The number of likely N-dealkylation sites (tertiary alicyclic amines) is 1. The standard InChI is InChI=1S/C23H29FN4O/c1-15-11-16(2)13-18(12-15)23(29)25-20-7-9-28(10-8-20)22-14-21(26-27-22)17-3-5-19(24)6-4-17/h3-6,11-13,20-22,26-27H,7-10,14H2,1-2H3,(H,25,29). The molecular formula is C23H29FN4O. The van der Waals surface area contributed by atoms with Gasteiger partial charge in [0.2, 0.25) is 0 Å². The maximum absolute atomic E-state index is 13.1. The Kier molecular flexibility index (Phi) is 5.94. The average Bonchev–Trinajstić information content (AvgIpc) is 3.18. The average molecular weight is 397 g/mol. The Hall–Kier alpha value is -2.28. The van der Waals surface area contributed by atoms with Crippen LogP contribution in [0.25, 0.3) is 0 Å². The van der Waals surface area contributed by atoms with Crippen molar-refractivity contribution >= 4 is 5.91 Å². The Morgan fingerprint density at radius 3 is 2.34 bits per heavy atom. The largest absolute Gasteiger partial charge is 0.349 e. The second-order valence-electron chi connectivity index (χ2n) is 8.30. The van der Waals surface area contributed by atoms with Crippen LogP contribution in [0, 0.1) is 19.7 Å². The molecule has 2 atom stereocenters. The summed E-state index contributed by atoms with van der Waals surface area (Å²) < 4.78 is 13.1. The van der Waals surface area contributed by atoms with Gasteiger partial charge in [0.25, 0.3) is 5.91 Å². The molecule has 154 valence electrons. The summed E-state index contributed by atoms with van der Waals surface area (Å²) in [6.07, 6.45) is 3.07. The fourth-order valence-electron chi connectivity index (χ4n) is 4.42. The molecule has 0 spiro atoms. The van der Waals surface area contributed by atoms with Crippen molar-refractivity contribution in [2.45, 2.75) is 51.4 Å². The number of piperidine rings is 1. The summed E-state index contributed by atoms with van der Waals surface area (Å²) in [6.45, 7) is 5.91. The van der Waals surface area contributed by atoms with Crippen LogP contribution in [0.1, 0.15) is 52.4 Å². The number of benzene rings is 2. The van der Waals surface area contributed by atoms with Crippen molar-refractivity contribution in [2.75, 3.05) is 13.1 Å². The number of aryl methyl sites for hydroxylation is 2. The van der Waals surface area contributed by atoms with E-state index in [4.69, 9.17) is 0 Å². The smallest absolute Gasteiger partial charge is 0.251 e. The van der Waals surface area contributed by atoms with E-state index < -0.39 is 0 Å². The van der Waals surface area contributed by atoms with E-state index in [1.165, 1.54) is 12.1 Å². The molecule has 29 heavy (non-hydrogen) atoms. The molecule has 1 amide bonds. The first-order chi connectivity index (χ1) is 14.0. The summed E-state index contributed by atoms with van der Waals surface area (Å²) in [5.74, 6) is -0.187. The normalized spacial score (nSPS) is 23.3. The predicted octanol–water partition coefficient (Wildman–Crippen LogP) is 3.20. The van der Waals surface area contributed by atoms with Gasteiger partial charge in [-0.05, 0) is 62.9 Å². The van der Waals surface area contributed by atoms with Crippen molar-refractivity contribution < 1.29 is 9.18 Å². The Bertz CT molecular complexity index is 841. The van der Waals surface area contributed by atoms with Crippen LogP contribution in [0.4, 0.5) is 4.39 Å². The Morgan fingerprint density at radius 1 is 1.03 bits per heavy atom. The lowest BCUT2D eigenvalue weighted by Gasteiger charge is -2.35. The van der Waals surface area contributed by atoms with Crippen LogP contribution in [0.2, 0.25) is 0 Å². The zero-order valence-electron chi connectivity index (χ0n) is 17.0. The van der Waals surface area contributed by atoms with Crippen molar-refractivity contribution in [3.63, 3.8) is 0 Å². The first-order valence-electron chi connectivity index (χ1n) is 10.4. The van der Waals surface area contributed by atoms with Gasteiger partial charge >= 0.3 is 0 Å². The minimum absolute atomic E-state index is 0.0206. The highest BCUT2D eigenvalue weighted by Gasteiger charge is 2.32. The highest BCUT2D eigenvalue weighted by molar-refractivity contribution is 5.94. The van der Waals surface area contributed by atoms with Gasteiger partial charge in [-0.2, -0.15) is 0 Å². The van der Waals surface area contributed by atoms with E-state index in [1.54, 1.807) is 0 Å². The van der Waals surface area contributed by atoms with Gasteiger partial charge in [-0.15, -0.1) is 0 Å². The molecular weight excluding hydrogens is 367 g/mol. The topological polar surface area (TPSA) is 56.4 Å². The molecule has 0 aliphatic carbocycles. The second kappa shape index (κ2) is 8.61. The third-order valence-corrected chi connectivity index (χ3v) is 5.94. The van der Waals surface area contributed by atoms with Crippen molar-refractivity contribution in [1.82, 2.24) is 21.1 Å². The summed E-state index contributed by atoms with van der Waals surface area (Å²) in [5.41, 5.74) is 10.8. The fraction of sp³-hybridized carbons (Fsp3) is 0.435. The number of nitrogens with one attached hydrogen (secondary N) is 3. The molecule has 5 nitrogen and oxygen atoms in total. The van der Waals surface area contributed by atoms with Crippen molar-refractivity contribution in [3.05, 3.63) is 70.5 Å². The van der Waals surface area contributed by atoms with Crippen LogP contribution >= 0.6 is 0 Å². The molecule has 0 radical (unpaired) electrons. The number of halogens is 1. The minimum Gasteiger partial charge on any atom is -0.349 e. The van der Waals surface area contributed by atoms with Gasteiger partial charge in [0.15, 0.2) is 0 Å². The van der Waals surface area contributed by atoms with E-state index in [1.807, 2.05) is 38.1 Å². The molecule has 2 fully saturated rings. The fourth-order valence-corrected chi connectivity index (χ4v) is 4.42. The Labute approximate surface area is 171 Å². The number of hydrogen-bond acceptors (Lipinski definition) is 4. The third kappa shape index (κ3) is 4.83. The lowest BCUT2D eigenvalue weighted by atomic mass is 10.0. The summed E-state index contributed by atoms with van der Waals surface area (Å²) in [7, 11) is 0. The highest BCUT2D eigenvalue weighted by Crippen LogP contribution is 2.26. The summed E-state index contributed by atoms with van der Waals surface area (Å²) in [6, 6.07) is 13.1. The van der Waals surface area contributed by atoms with Gasteiger partial charge < -0.3 is 5.32 Å². The molecule has 6 heteroatoms. The van der Waals surface area contributed by atoms with Gasteiger partial charge in [0.05, 0.1) is 6.17 Å². The summed E-state index contributed by atoms with van der Waals surface area (Å²) in [4.78, 5) is 15.0. The first kappa shape index (κ1) is 20.0. The van der Waals surface area contributed by atoms with E-state index in [0.717, 1.165) is 54.6 Å². The molecule has 0 aromatic heterocycles. The molecule has 0 bridgehead atoms. The van der Waals surface area contributed by atoms with Crippen LogP contribution in [-0.4, -0.2) is 36.1 Å². The van der Waals surface area contributed by atoms with Crippen molar-refractivity contribution in [2.24, 2.45) is 0 Å². The van der Waals surface area contributed by atoms with Gasteiger partial charge in [-0.3, -0.25) is 9.69 Å². The van der Waals surface area contributed by atoms with Crippen LogP contribution in [0.15, 0.2) is 42.5 Å². The predicted molar refractivity (Wildman–Crippen MR) is 112 cm³/mol. The SMILES string of the molecule is Cc1cc(C)cc(C(=O)NC2CCN(C3CC(c4ccc(F)cc4)NN3)CC2)c1. The minimum atomic E-state index is -0.207. The van der Waals surface area contributed by atoms with E-state index in [-0.39, 0.29) is 30.0 Å². The maximum Gasteiger partial charge on any atom is 0.251 e. The molecule has 2 saturated heterocycles. The van der Waals surface area contributed by atoms with E-state index in [9.17, 15) is 9.18 Å². The van der Waals surface area contributed by atoms with Gasteiger partial charge in [-0.25, -0.2) is 15.2 Å². The molecule has 2 heterocycles. The van der Waals surface area contributed by atoms with Crippen LogP contribution in [0.3, 0.4) is 0 Å². The molecule has 2 aromatic carbocycles. The van der Waals surface area contributed by atoms with E-state index in [0.29, 0.717) is 0 Å². The number of carbonyl (C=O) groups is 1. The van der Waals surface area contributed by atoms with Crippen molar-refractivity contribution in [1.29, 1.82) is 0 Å². The zero-order valence-corrected chi connectivity index (χ0v) is 17.0. The number of carbonyl (C=O) groups excluding carboxylic acids is 1. The second-order valence-corrected chi connectivity index (χ2v) is 8.30. The summed E-state index contributed by atoms with van der Waals surface area (Å²) in [5, 5.41) is 3.20. The number of rotatable bonds is 4. The Balaban J connectivity index is 1.27. The highest BCUT2D eigenvalue weighted by atomic mass is 19.1. The lowest BCUT2D eigenvalue weighted by Crippen LogP contribution is -2.51. The third-order valence-electron chi connectivity index (χ3n) is 5.94. The van der Waals surface area contributed by atoms with Crippen LogP contribution in [-0.2, 0) is 0 Å². The molecule has 0 saturated carbocycles. The summed E-state index contributed by atoms with van der Waals surface area (Å²) >= 11 is 0. The maximum atomic E-state index is 13.1. The molecule has 2 aliphatic heterocycles. The molecule has 3 N–H and O–H groups in total. The van der Waals surface area contributed by atoms with Gasteiger partial charge in [0.1, 0.15) is 5.82 Å². The van der Waals surface area contributed by atoms with Crippen LogP contribution in [0.5, 0.6) is 0 Å². The number of nitrogens with zero attached hydrogens (tertiary/aromatic N) is 1.